The first-order chi connectivity index (χ1) is 18.4. The summed E-state index contributed by atoms with van der Waals surface area (Å²) >= 11 is 0. The monoisotopic (exact) mass is 506 g/mol. The Morgan fingerprint density at radius 3 is 2.42 bits per heavy atom. The number of anilines is 1. The second-order valence-corrected chi connectivity index (χ2v) is 10.6. The fraction of sp³-hybridized carbons (Fsp3) is 0.344. The number of nitriles is 1. The number of benzene rings is 2. The van der Waals surface area contributed by atoms with Crippen molar-refractivity contribution in [3.8, 4) is 28.6 Å². The van der Waals surface area contributed by atoms with E-state index >= 15 is 0 Å². The molecule has 1 fully saturated rings. The normalized spacial score (nSPS) is 14.5. The standard InChI is InChI=1S/C32H34N4O2/c1-20(2)22(4)38-32(37)35-25-15-12-23(13-16-25)31-28(19-33)27-17-14-24(29-11-7-8-21(3)34-29)18-30(27)36(31)26-9-5-6-10-26/h7-8,11-18,20,22,26H,5-6,9-10H2,1-4H3,(H,35,37)/t22-/m1/s1. The maximum atomic E-state index is 12.3. The molecule has 2 heterocycles. The van der Waals surface area contributed by atoms with Gasteiger partial charge in [-0.2, -0.15) is 5.26 Å². The average Bonchev–Trinajstić information content (AvgIpc) is 3.54. The van der Waals surface area contributed by atoms with Crippen molar-refractivity contribution < 1.29 is 9.53 Å². The van der Waals surface area contributed by atoms with Gasteiger partial charge in [-0.25, -0.2) is 4.79 Å². The molecule has 0 spiro atoms. The molecular weight excluding hydrogens is 472 g/mol. The predicted molar refractivity (Wildman–Crippen MR) is 152 cm³/mol. The fourth-order valence-electron chi connectivity index (χ4n) is 5.28. The number of ether oxygens (including phenoxy) is 1. The highest BCUT2D eigenvalue weighted by atomic mass is 16.6. The van der Waals surface area contributed by atoms with E-state index in [2.05, 4.69) is 34.2 Å². The van der Waals surface area contributed by atoms with Crippen molar-refractivity contribution in [2.75, 3.05) is 5.32 Å². The van der Waals surface area contributed by atoms with Crippen LogP contribution in [0.25, 0.3) is 33.4 Å². The minimum absolute atomic E-state index is 0.172. The van der Waals surface area contributed by atoms with Gasteiger partial charge in [0, 0.05) is 28.4 Å². The van der Waals surface area contributed by atoms with Crippen molar-refractivity contribution in [3.63, 3.8) is 0 Å². The number of hydrogen-bond acceptors (Lipinski definition) is 4. The molecule has 6 nitrogen and oxygen atoms in total. The van der Waals surface area contributed by atoms with Gasteiger partial charge in [-0.1, -0.05) is 57.0 Å². The molecule has 0 aliphatic heterocycles. The first-order valence-corrected chi connectivity index (χ1v) is 13.5. The Morgan fingerprint density at radius 1 is 1.05 bits per heavy atom. The Bertz CT molecular complexity index is 1510. The molecular formula is C32H34N4O2. The molecule has 0 radical (unpaired) electrons. The molecule has 194 valence electrons. The lowest BCUT2D eigenvalue weighted by Crippen LogP contribution is -2.23. The minimum atomic E-state index is -0.464. The number of nitrogens with zero attached hydrogens (tertiary/aromatic N) is 3. The van der Waals surface area contributed by atoms with Crippen LogP contribution in [0.1, 0.15) is 63.8 Å². The lowest BCUT2D eigenvalue weighted by Gasteiger charge is -2.19. The van der Waals surface area contributed by atoms with Gasteiger partial charge in [0.25, 0.3) is 0 Å². The quantitative estimate of drug-likeness (QED) is 0.285. The van der Waals surface area contributed by atoms with Crippen LogP contribution in [0.3, 0.4) is 0 Å². The summed E-state index contributed by atoms with van der Waals surface area (Å²) in [5, 5.41) is 14.1. The molecule has 0 unspecified atom stereocenters. The van der Waals surface area contributed by atoms with Gasteiger partial charge in [0.1, 0.15) is 12.2 Å². The first-order valence-electron chi connectivity index (χ1n) is 13.5. The highest BCUT2D eigenvalue weighted by Crippen LogP contribution is 2.42. The van der Waals surface area contributed by atoms with Gasteiger partial charge in [0.05, 0.1) is 22.5 Å². The number of pyridine rings is 1. The SMILES string of the molecule is Cc1cccc(-c2ccc3c(C#N)c(-c4ccc(NC(=O)O[C@H](C)C(C)C)cc4)n(C4CCCC4)c3c2)n1. The van der Waals surface area contributed by atoms with E-state index in [1.807, 2.05) is 70.2 Å². The molecule has 1 saturated carbocycles. The largest absolute Gasteiger partial charge is 0.446 e. The Hall–Kier alpha value is -4.11. The summed E-state index contributed by atoms with van der Waals surface area (Å²) in [7, 11) is 0. The summed E-state index contributed by atoms with van der Waals surface area (Å²) in [6.45, 7) is 7.92. The van der Waals surface area contributed by atoms with E-state index in [1.165, 1.54) is 12.8 Å². The first kappa shape index (κ1) is 25.5. The summed E-state index contributed by atoms with van der Waals surface area (Å²) in [4.78, 5) is 17.0. The van der Waals surface area contributed by atoms with Gasteiger partial charge < -0.3 is 9.30 Å². The van der Waals surface area contributed by atoms with Crippen LogP contribution in [-0.4, -0.2) is 21.7 Å². The molecule has 1 aliphatic carbocycles. The average molecular weight is 507 g/mol. The van der Waals surface area contributed by atoms with Crippen LogP contribution in [0.15, 0.2) is 60.7 Å². The molecule has 1 N–H and O–H groups in total. The number of fused-ring (bicyclic) bond motifs is 1. The highest BCUT2D eigenvalue weighted by Gasteiger charge is 2.26. The van der Waals surface area contributed by atoms with E-state index < -0.39 is 6.09 Å². The summed E-state index contributed by atoms with van der Waals surface area (Å²) in [6.07, 6.45) is 3.92. The van der Waals surface area contributed by atoms with E-state index in [4.69, 9.17) is 9.72 Å². The van der Waals surface area contributed by atoms with Crippen LogP contribution in [0.5, 0.6) is 0 Å². The maximum absolute atomic E-state index is 12.3. The number of aromatic nitrogens is 2. The van der Waals surface area contributed by atoms with Gasteiger partial charge in [-0.05, 0) is 68.5 Å². The predicted octanol–water partition coefficient (Wildman–Crippen LogP) is 8.26. The van der Waals surface area contributed by atoms with Crippen LogP contribution in [0, 0.1) is 24.2 Å². The Labute approximate surface area is 224 Å². The highest BCUT2D eigenvalue weighted by molar-refractivity contribution is 5.97. The number of aryl methyl sites for hydroxylation is 1. The summed E-state index contributed by atoms with van der Waals surface area (Å²) < 4.78 is 7.82. The molecule has 38 heavy (non-hydrogen) atoms. The van der Waals surface area contributed by atoms with Crippen molar-refractivity contribution in [2.45, 2.75) is 65.5 Å². The third kappa shape index (κ3) is 5.02. The molecule has 2 aromatic carbocycles. The van der Waals surface area contributed by atoms with Crippen molar-refractivity contribution in [2.24, 2.45) is 5.92 Å². The van der Waals surface area contributed by atoms with Crippen LogP contribution in [0.2, 0.25) is 0 Å². The van der Waals surface area contributed by atoms with Crippen LogP contribution >= 0.6 is 0 Å². The molecule has 1 aliphatic rings. The van der Waals surface area contributed by atoms with Crippen LogP contribution in [0.4, 0.5) is 10.5 Å². The molecule has 0 bridgehead atoms. The number of hydrogen-bond donors (Lipinski definition) is 1. The van der Waals surface area contributed by atoms with Gasteiger partial charge in [-0.3, -0.25) is 10.3 Å². The van der Waals surface area contributed by atoms with Crippen LogP contribution < -0.4 is 5.32 Å². The Morgan fingerprint density at radius 2 is 1.76 bits per heavy atom. The topological polar surface area (TPSA) is 79.9 Å². The molecule has 1 atom stereocenters. The van der Waals surface area contributed by atoms with Gasteiger partial charge in [0.15, 0.2) is 0 Å². The number of amides is 1. The second-order valence-electron chi connectivity index (χ2n) is 10.6. The smallest absolute Gasteiger partial charge is 0.411 e. The van der Waals surface area contributed by atoms with Gasteiger partial charge in [0.2, 0.25) is 0 Å². The zero-order valence-corrected chi connectivity index (χ0v) is 22.5. The lowest BCUT2D eigenvalue weighted by atomic mass is 10.0. The molecule has 6 heteroatoms. The van der Waals surface area contributed by atoms with Gasteiger partial charge in [-0.15, -0.1) is 0 Å². The summed E-state index contributed by atoms with van der Waals surface area (Å²) in [5.74, 6) is 0.243. The number of carbonyl (C=O) groups excluding carboxylic acids is 1. The van der Waals surface area contributed by atoms with E-state index in [0.717, 1.165) is 52.0 Å². The molecule has 5 rings (SSSR count). The third-order valence-electron chi connectivity index (χ3n) is 7.63. The van der Waals surface area contributed by atoms with Crippen molar-refractivity contribution >= 4 is 22.7 Å². The lowest BCUT2D eigenvalue weighted by molar-refractivity contribution is 0.0940. The van der Waals surface area contributed by atoms with E-state index in [9.17, 15) is 10.1 Å². The molecule has 1 amide bonds. The zero-order chi connectivity index (χ0) is 26.8. The number of rotatable bonds is 6. The van der Waals surface area contributed by atoms with Crippen molar-refractivity contribution in [1.29, 1.82) is 5.26 Å². The molecule has 2 aromatic heterocycles. The maximum Gasteiger partial charge on any atom is 0.411 e. The molecule has 0 saturated heterocycles. The van der Waals surface area contributed by atoms with Crippen molar-refractivity contribution in [3.05, 3.63) is 71.9 Å². The van der Waals surface area contributed by atoms with Gasteiger partial charge >= 0.3 is 6.09 Å². The Kier molecular flexibility index (Phi) is 7.20. The number of nitrogens with one attached hydrogen (secondary N) is 1. The summed E-state index contributed by atoms with van der Waals surface area (Å²) in [6, 6.07) is 22.9. The van der Waals surface area contributed by atoms with E-state index in [-0.39, 0.29) is 12.0 Å². The fourth-order valence-corrected chi connectivity index (χ4v) is 5.28. The van der Waals surface area contributed by atoms with Crippen LogP contribution in [-0.2, 0) is 4.74 Å². The minimum Gasteiger partial charge on any atom is -0.446 e. The van der Waals surface area contributed by atoms with Crippen molar-refractivity contribution in [1.82, 2.24) is 9.55 Å². The zero-order valence-electron chi connectivity index (χ0n) is 22.5. The number of carbonyl (C=O) groups is 1. The molecule has 4 aromatic rings. The third-order valence-corrected chi connectivity index (χ3v) is 7.63. The second kappa shape index (κ2) is 10.7. The van der Waals surface area contributed by atoms with E-state index in [1.54, 1.807) is 0 Å². The Balaban J connectivity index is 1.57. The summed E-state index contributed by atoms with van der Waals surface area (Å²) in [5.41, 5.74) is 7.25. The van der Waals surface area contributed by atoms with E-state index in [0.29, 0.717) is 17.3 Å².